The van der Waals surface area contributed by atoms with Gasteiger partial charge in [0.15, 0.2) is 5.75 Å². The average Bonchev–Trinajstić information content (AvgIpc) is 3.42. The van der Waals surface area contributed by atoms with Gasteiger partial charge in [-0.15, -0.1) is 0 Å². The molecule has 4 aromatic rings. The molecular formula is C35H45N7O. The molecule has 0 saturated heterocycles. The molecule has 0 aliphatic carbocycles. The first kappa shape index (κ1) is 31.5. The van der Waals surface area contributed by atoms with E-state index in [4.69, 9.17) is 16.2 Å². The Morgan fingerprint density at radius 2 is 1.19 bits per heavy atom. The van der Waals surface area contributed by atoms with E-state index in [0.717, 1.165) is 71.1 Å². The zero-order valence-corrected chi connectivity index (χ0v) is 26.1. The Hall–Kier alpha value is -4.40. The highest BCUT2D eigenvalue weighted by atomic mass is 16.5. The van der Waals surface area contributed by atoms with Crippen LogP contribution in [0.4, 0.5) is 0 Å². The van der Waals surface area contributed by atoms with Gasteiger partial charge in [-0.05, 0) is 78.7 Å². The van der Waals surface area contributed by atoms with Crippen LogP contribution in [0.25, 0.3) is 22.5 Å². The van der Waals surface area contributed by atoms with Gasteiger partial charge < -0.3 is 31.0 Å². The van der Waals surface area contributed by atoms with E-state index in [0.29, 0.717) is 24.8 Å². The predicted molar refractivity (Wildman–Crippen MR) is 180 cm³/mol. The lowest BCUT2D eigenvalue weighted by molar-refractivity contribution is 0.403. The van der Waals surface area contributed by atoms with Gasteiger partial charge in [-0.25, -0.2) is 0 Å². The largest absolute Gasteiger partial charge is 0.455 e. The summed E-state index contributed by atoms with van der Waals surface area (Å²) in [6.45, 7) is 5.44. The molecule has 8 heteroatoms. The number of H-pyrrole nitrogens is 1. The Morgan fingerprint density at radius 1 is 0.698 bits per heavy atom. The van der Waals surface area contributed by atoms with E-state index in [1.165, 1.54) is 5.56 Å². The molecule has 1 heterocycles. The van der Waals surface area contributed by atoms with Gasteiger partial charge in [0, 0.05) is 41.5 Å². The van der Waals surface area contributed by atoms with Crippen molar-refractivity contribution in [2.24, 2.45) is 21.5 Å². The highest BCUT2D eigenvalue weighted by Gasteiger charge is 2.15. The summed E-state index contributed by atoms with van der Waals surface area (Å²) in [6, 6.07) is 26.3. The molecule has 8 nitrogen and oxygen atoms in total. The number of amidine groups is 2. The van der Waals surface area contributed by atoms with Crippen LogP contribution in [0, 0.1) is 6.92 Å². The lowest BCUT2D eigenvalue weighted by Gasteiger charge is -2.09. The third kappa shape index (κ3) is 9.30. The Kier molecular flexibility index (Phi) is 11.1. The molecule has 0 bridgehead atoms. The van der Waals surface area contributed by atoms with Gasteiger partial charge >= 0.3 is 0 Å². The fraction of sp³-hybridized carbons (Fsp3) is 0.314. The van der Waals surface area contributed by atoms with Crippen LogP contribution in [0.2, 0.25) is 0 Å². The zero-order valence-electron chi connectivity index (χ0n) is 26.1. The number of ether oxygens (including phenoxy) is 1. The van der Waals surface area contributed by atoms with E-state index < -0.39 is 0 Å². The molecular weight excluding hydrogens is 534 g/mol. The van der Waals surface area contributed by atoms with Gasteiger partial charge in [-0.1, -0.05) is 66.2 Å². The van der Waals surface area contributed by atoms with E-state index in [9.17, 15) is 0 Å². The number of nitrogens with one attached hydrogen (secondary N) is 1. The minimum absolute atomic E-state index is 0.550. The number of hydrogen-bond acceptors (Lipinski definition) is 5. The topological polar surface area (TPSA) is 108 Å². The summed E-state index contributed by atoms with van der Waals surface area (Å²) in [4.78, 5) is 17.0. The van der Waals surface area contributed by atoms with Crippen molar-refractivity contribution in [1.82, 2.24) is 14.8 Å². The number of rotatable bonds is 14. The van der Waals surface area contributed by atoms with E-state index in [1.807, 2.05) is 66.7 Å². The van der Waals surface area contributed by atoms with Crippen LogP contribution in [-0.4, -0.2) is 80.8 Å². The molecule has 0 atom stereocenters. The zero-order chi connectivity index (χ0) is 30.8. The fourth-order valence-electron chi connectivity index (χ4n) is 4.60. The van der Waals surface area contributed by atoms with Crippen LogP contribution in [0.15, 0.2) is 88.8 Å². The molecule has 0 aliphatic rings. The van der Waals surface area contributed by atoms with Crippen molar-refractivity contribution in [3.05, 3.63) is 95.6 Å². The molecule has 0 saturated carbocycles. The van der Waals surface area contributed by atoms with Crippen LogP contribution < -0.4 is 16.2 Å². The van der Waals surface area contributed by atoms with Gasteiger partial charge in [0.2, 0.25) is 0 Å². The van der Waals surface area contributed by atoms with Crippen molar-refractivity contribution < 1.29 is 4.74 Å². The Morgan fingerprint density at radius 3 is 1.67 bits per heavy atom. The number of aliphatic imine (C=N–C) groups is 2. The second kappa shape index (κ2) is 15.2. The number of nitrogens with zero attached hydrogens (tertiary/aromatic N) is 4. The van der Waals surface area contributed by atoms with Crippen LogP contribution in [0.1, 0.15) is 29.5 Å². The molecule has 226 valence electrons. The van der Waals surface area contributed by atoms with Crippen molar-refractivity contribution in [2.75, 3.05) is 54.4 Å². The molecule has 4 rings (SSSR count). The first-order valence-corrected chi connectivity index (χ1v) is 14.8. The number of aromatic amines is 1. The molecule has 0 unspecified atom stereocenters. The van der Waals surface area contributed by atoms with Crippen molar-refractivity contribution >= 4 is 11.7 Å². The van der Waals surface area contributed by atoms with Crippen molar-refractivity contribution in [2.45, 2.75) is 19.8 Å². The highest BCUT2D eigenvalue weighted by molar-refractivity contribution is 5.98. The standard InChI is InChI=1S/C35H45N7O/c1-25-8-18-30(19-9-25)43-32-24-31(26-10-14-28(15-11-26)34(36)38-20-6-22-41(2)3)40-33(32)27-12-16-29(17-13-27)35(37)39-21-7-23-42(4)5/h8-19,24,40H,6-7,20-23H2,1-5H3,(H2,36,38)(H2,37,39). The van der Waals surface area contributed by atoms with E-state index in [2.05, 4.69) is 72.0 Å². The molecule has 0 amide bonds. The number of hydrogen-bond donors (Lipinski definition) is 3. The van der Waals surface area contributed by atoms with Gasteiger partial charge in [0.05, 0.1) is 5.69 Å². The maximum atomic E-state index is 6.39. The monoisotopic (exact) mass is 579 g/mol. The summed E-state index contributed by atoms with van der Waals surface area (Å²) in [7, 11) is 8.24. The van der Waals surface area contributed by atoms with E-state index >= 15 is 0 Å². The van der Waals surface area contributed by atoms with Crippen molar-refractivity contribution in [3.63, 3.8) is 0 Å². The summed E-state index contributed by atoms with van der Waals surface area (Å²) in [5.74, 6) is 2.62. The molecule has 1 aromatic heterocycles. The van der Waals surface area contributed by atoms with Crippen LogP contribution in [0.3, 0.4) is 0 Å². The number of nitrogens with two attached hydrogens (primary N) is 2. The molecule has 0 spiro atoms. The number of aryl methyl sites for hydroxylation is 1. The van der Waals surface area contributed by atoms with Crippen molar-refractivity contribution in [1.29, 1.82) is 0 Å². The van der Waals surface area contributed by atoms with Gasteiger partial charge in [0.1, 0.15) is 17.4 Å². The first-order chi connectivity index (χ1) is 20.7. The van der Waals surface area contributed by atoms with Gasteiger partial charge in [0.25, 0.3) is 0 Å². The highest BCUT2D eigenvalue weighted by Crippen LogP contribution is 2.37. The van der Waals surface area contributed by atoms with E-state index in [1.54, 1.807) is 0 Å². The Bertz CT molecular complexity index is 1500. The van der Waals surface area contributed by atoms with Crippen LogP contribution in [0.5, 0.6) is 11.5 Å². The van der Waals surface area contributed by atoms with Crippen LogP contribution >= 0.6 is 0 Å². The quantitative estimate of drug-likeness (QED) is 0.1000. The third-order valence-electron chi connectivity index (χ3n) is 7.08. The number of aromatic nitrogens is 1. The lowest BCUT2D eigenvalue weighted by Crippen LogP contribution is -2.16. The van der Waals surface area contributed by atoms with Gasteiger partial charge in [-0.2, -0.15) is 0 Å². The van der Waals surface area contributed by atoms with Crippen LogP contribution in [-0.2, 0) is 0 Å². The minimum Gasteiger partial charge on any atom is -0.455 e. The maximum absolute atomic E-state index is 6.39. The summed E-state index contributed by atoms with van der Waals surface area (Å²) < 4.78 is 6.39. The second-order valence-corrected chi connectivity index (χ2v) is 11.3. The second-order valence-electron chi connectivity index (χ2n) is 11.3. The predicted octanol–water partition coefficient (Wildman–Crippen LogP) is 5.76. The summed E-state index contributed by atoms with van der Waals surface area (Å²) >= 11 is 0. The SMILES string of the molecule is Cc1ccc(Oc2cc(-c3ccc(C(N)=NCCCN(C)C)cc3)[nH]c2-c2ccc(C(N)=NCCCN(C)C)cc2)cc1. The van der Waals surface area contributed by atoms with E-state index in [-0.39, 0.29) is 0 Å². The molecule has 0 aliphatic heterocycles. The Labute approximate surface area is 256 Å². The first-order valence-electron chi connectivity index (χ1n) is 14.8. The molecule has 5 N–H and O–H groups in total. The normalized spacial score (nSPS) is 12.3. The molecule has 0 fully saturated rings. The van der Waals surface area contributed by atoms with Crippen molar-refractivity contribution in [3.8, 4) is 34.0 Å². The molecule has 3 aromatic carbocycles. The lowest BCUT2D eigenvalue weighted by atomic mass is 10.1. The molecule has 43 heavy (non-hydrogen) atoms. The maximum Gasteiger partial charge on any atom is 0.153 e. The smallest absolute Gasteiger partial charge is 0.153 e. The summed E-state index contributed by atoms with van der Waals surface area (Å²) in [6.07, 6.45) is 1.94. The summed E-state index contributed by atoms with van der Waals surface area (Å²) in [5.41, 5.74) is 19.4. The van der Waals surface area contributed by atoms with Gasteiger partial charge in [-0.3, -0.25) is 9.98 Å². The third-order valence-corrected chi connectivity index (χ3v) is 7.08. The summed E-state index contributed by atoms with van der Waals surface area (Å²) in [5, 5.41) is 0. The number of benzene rings is 3. The fourth-order valence-corrected chi connectivity index (χ4v) is 4.60. The average molecular weight is 580 g/mol. The Balaban J connectivity index is 1.57. The minimum atomic E-state index is 0.550. The molecule has 0 radical (unpaired) electrons.